The molecule has 1 heterocycles. The Morgan fingerprint density at radius 2 is 1.72 bits per heavy atom. The van der Waals surface area contributed by atoms with E-state index < -0.39 is 0 Å². The number of nitrogens with one attached hydrogen (secondary N) is 1. The van der Waals surface area contributed by atoms with Crippen LogP contribution in [-0.2, 0) is 0 Å². The lowest BCUT2D eigenvalue weighted by molar-refractivity contribution is 1.39. The van der Waals surface area contributed by atoms with Crippen molar-refractivity contribution in [2.75, 3.05) is 0 Å². The number of aromatic nitrogens is 1. The summed E-state index contributed by atoms with van der Waals surface area (Å²) in [5.41, 5.74) is 6.22. The SMILES string of the molecule is Cc1ccc(C)c2[nH]c(-c3cccc(Br)c3)cc12. The molecule has 1 nitrogen and oxygen atoms in total. The second-order valence-corrected chi connectivity index (χ2v) is 5.60. The molecular weight excluding hydrogens is 286 g/mol. The Morgan fingerprint density at radius 3 is 2.44 bits per heavy atom. The third-order valence-electron chi connectivity index (χ3n) is 3.36. The molecule has 2 heteroatoms. The van der Waals surface area contributed by atoms with Crippen molar-refractivity contribution in [3.8, 4) is 11.3 Å². The number of aromatic amines is 1. The number of aryl methyl sites for hydroxylation is 2. The molecule has 3 aromatic rings. The molecule has 0 spiro atoms. The van der Waals surface area contributed by atoms with Crippen molar-refractivity contribution in [1.29, 1.82) is 0 Å². The Balaban J connectivity index is 2.26. The van der Waals surface area contributed by atoms with Gasteiger partial charge in [0.15, 0.2) is 0 Å². The number of hydrogen-bond acceptors (Lipinski definition) is 0. The number of fused-ring (bicyclic) bond motifs is 1. The second kappa shape index (κ2) is 4.29. The minimum absolute atomic E-state index is 1.10. The van der Waals surface area contributed by atoms with E-state index in [1.807, 2.05) is 6.07 Å². The number of rotatable bonds is 1. The Bertz CT molecular complexity index is 686. The second-order valence-electron chi connectivity index (χ2n) is 4.68. The summed E-state index contributed by atoms with van der Waals surface area (Å²) in [5, 5.41) is 1.31. The van der Waals surface area contributed by atoms with Crippen LogP contribution >= 0.6 is 15.9 Å². The standard InChI is InChI=1S/C16H14BrN/c1-10-6-7-11(2)16-14(10)9-15(18-16)12-4-3-5-13(17)8-12/h3-9,18H,1-2H3. The monoisotopic (exact) mass is 299 g/mol. The van der Waals surface area contributed by atoms with Gasteiger partial charge >= 0.3 is 0 Å². The van der Waals surface area contributed by atoms with Gasteiger partial charge in [-0.25, -0.2) is 0 Å². The molecule has 2 aromatic carbocycles. The summed E-state index contributed by atoms with van der Waals surface area (Å²) in [4.78, 5) is 3.53. The van der Waals surface area contributed by atoms with E-state index in [0.717, 1.165) is 4.47 Å². The van der Waals surface area contributed by atoms with Gasteiger partial charge in [-0.3, -0.25) is 0 Å². The van der Waals surface area contributed by atoms with Crippen molar-refractivity contribution in [2.45, 2.75) is 13.8 Å². The predicted molar refractivity (Wildman–Crippen MR) is 80.9 cm³/mol. The molecule has 18 heavy (non-hydrogen) atoms. The first-order valence-corrected chi connectivity index (χ1v) is 6.79. The van der Waals surface area contributed by atoms with Gasteiger partial charge < -0.3 is 4.98 Å². The molecule has 0 aliphatic heterocycles. The van der Waals surface area contributed by atoms with Crippen LogP contribution in [-0.4, -0.2) is 4.98 Å². The summed E-state index contributed by atoms with van der Waals surface area (Å²) in [7, 11) is 0. The molecule has 0 saturated carbocycles. The molecule has 1 aromatic heterocycles. The quantitative estimate of drug-likeness (QED) is 0.634. The van der Waals surface area contributed by atoms with E-state index in [2.05, 4.69) is 71.2 Å². The largest absolute Gasteiger partial charge is 0.354 e. The summed E-state index contributed by atoms with van der Waals surface area (Å²) in [6.45, 7) is 4.29. The van der Waals surface area contributed by atoms with Crippen molar-refractivity contribution in [1.82, 2.24) is 4.98 Å². The summed E-state index contributed by atoms with van der Waals surface area (Å²) in [6.07, 6.45) is 0. The Hall–Kier alpha value is -1.54. The Morgan fingerprint density at radius 1 is 0.944 bits per heavy atom. The first-order chi connectivity index (χ1) is 8.65. The van der Waals surface area contributed by atoms with Crippen molar-refractivity contribution in [2.24, 2.45) is 0 Å². The van der Waals surface area contributed by atoms with E-state index in [0.29, 0.717) is 0 Å². The average Bonchev–Trinajstić information content (AvgIpc) is 2.80. The topological polar surface area (TPSA) is 15.8 Å². The van der Waals surface area contributed by atoms with E-state index in [1.54, 1.807) is 0 Å². The molecule has 0 unspecified atom stereocenters. The van der Waals surface area contributed by atoms with Crippen LogP contribution in [0.5, 0.6) is 0 Å². The molecular formula is C16H14BrN. The van der Waals surface area contributed by atoms with Gasteiger partial charge in [0, 0.05) is 21.1 Å². The summed E-state index contributed by atoms with van der Waals surface area (Å²) in [6, 6.07) is 14.9. The van der Waals surface area contributed by atoms with E-state index in [1.165, 1.54) is 33.3 Å². The number of hydrogen-bond donors (Lipinski definition) is 1. The molecule has 0 amide bonds. The maximum atomic E-state index is 3.53. The molecule has 0 atom stereocenters. The summed E-state index contributed by atoms with van der Waals surface area (Å²) in [5.74, 6) is 0. The van der Waals surface area contributed by atoms with Crippen LogP contribution < -0.4 is 0 Å². The fourth-order valence-corrected chi connectivity index (χ4v) is 2.71. The first-order valence-electron chi connectivity index (χ1n) is 6.00. The highest BCUT2D eigenvalue weighted by Gasteiger charge is 2.07. The molecule has 0 bridgehead atoms. The van der Waals surface area contributed by atoms with Gasteiger partial charge in [-0.05, 0) is 48.7 Å². The summed E-state index contributed by atoms with van der Waals surface area (Å²) < 4.78 is 1.10. The number of halogens is 1. The predicted octanol–water partition coefficient (Wildman–Crippen LogP) is 5.21. The average molecular weight is 300 g/mol. The van der Waals surface area contributed by atoms with Crippen molar-refractivity contribution >= 4 is 26.8 Å². The zero-order valence-corrected chi connectivity index (χ0v) is 12.0. The normalized spacial score (nSPS) is 11.1. The van der Waals surface area contributed by atoms with Crippen LogP contribution in [0.4, 0.5) is 0 Å². The number of benzene rings is 2. The Kier molecular flexibility index (Phi) is 2.75. The van der Waals surface area contributed by atoms with E-state index in [4.69, 9.17) is 0 Å². The maximum absolute atomic E-state index is 3.53. The van der Waals surface area contributed by atoms with Crippen LogP contribution in [0.15, 0.2) is 46.9 Å². The highest BCUT2D eigenvalue weighted by atomic mass is 79.9. The zero-order chi connectivity index (χ0) is 12.7. The van der Waals surface area contributed by atoms with Gasteiger partial charge in [0.1, 0.15) is 0 Å². The van der Waals surface area contributed by atoms with E-state index >= 15 is 0 Å². The lowest BCUT2D eigenvalue weighted by atomic mass is 10.1. The fourth-order valence-electron chi connectivity index (χ4n) is 2.31. The van der Waals surface area contributed by atoms with Gasteiger partial charge in [0.25, 0.3) is 0 Å². The molecule has 1 N–H and O–H groups in total. The molecule has 3 rings (SSSR count). The van der Waals surface area contributed by atoms with Crippen LogP contribution in [0.1, 0.15) is 11.1 Å². The molecule has 0 saturated heterocycles. The minimum atomic E-state index is 1.10. The van der Waals surface area contributed by atoms with E-state index in [-0.39, 0.29) is 0 Å². The fraction of sp³-hybridized carbons (Fsp3) is 0.125. The molecule has 0 radical (unpaired) electrons. The molecule has 0 aliphatic carbocycles. The highest BCUT2D eigenvalue weighted by Crippen LogP contribution is 2.29. The van der Waals surface area contributed by atoms with Crippen molar-refractivity contribution < 1.29 is 0 Å². The van der Waals surface area contributed by atoms with Gasteiger partial charge in [-0.1, -0.05) is 40.2 Å². The first kappa shape index (κ1) is 11.5. The van der Waals surface area contributed by atoms with Crippen molar-refractivity contribution in [3.63, 3.8) is 0 Å². The molecule has 0 fully saturated rings. The smallest absolute Gasteiger partial charge is 0.0491 e. The van der Waals surface area contributed by atoms with Crippen LogP contribution in [0, 0.1) is 13.8 Å². The molecule has 0 aliphatic rings. The van der Waals surface area contributed by atoms with Crippen molar-refractivity contribution in [3.05, 3.63) is 58.1 Å². The van der Waals surface area contributed by atoms with Crippen LogP contribution in [0.2, 0.25) is 0 Å². The van der Waals surface area contributed by atoms with E-state index in [9.17, 15) is 0 Å². The van der Waals surface area contributed by atoms with Gasteiger partial charge in [0.05, 0.1) is 0 Å². The minimum Gasteiger partial charge on any atom is -0.354 e. The Labute approximate surface area is 115 Å². The lowest BCUT2D eigenvalue weighted by Crippen LogP contribution is -1.79. The molecule has 90 valence electrons. The van der Waals surface area contributed by atoms with Crippen LogP contribution in [0.3, 0.4) is 0 Å². The van der Waals surface area contributed by atoms with Gasteiger partial charge in [0.2, 0.25) is 0 Å². The van der Waals surface area contributed by atoms with Gasteiger partial charge in [-0.15, -0.1) is 0 Å². The third kappa shape index (κ3) is 1.87. The highest BCUT2D eigenvalue weighted by molar-refractivity contribution is 9.10. The van der Waals surface area contributed by atoms with Gasteiger partial charge in [-0.2, -0.15) is 0 Å². The third-order valence-corrected chi connectivity index (χ3v) is 3.85. The maximum Gasteiger partial charge on any atom is 0.0491 e. The van der Waals surface area contributed by atoms with Crippen LogP contribution in [0.25, 0.3) is 22.2 Å². The lowest BCUT2D eigenvalue weighted by Gasteiger charge is -1.99. The zero-order valence-electron chi connectivity index (χ0n) is 10.4. The number of H-pyrrole nitrogens is 1. The summed E-state index contributed by atoms with van der Waals surface area (Å²) >= 11 is 3.52.